The Labute approximate surface area is 85.8 Å². The van der Waals surface area contributed by atoms with Crippen molar-refractivity contribution in [1.29, 1.82) is 0 Å². The quantitative estimate of drug-likeness (QED) is 0.649. The monoisotopic (exact) mass is 200 g/mol. The molecule has 0 aromatic rings. The van der Waals surface area contributed by atoms with Gasteiger partial charge in [-0.25, -0.2) is 0 Å². The van der Waals surface area contributed by atoms with Crippen molar-refractivity contribution in [3.8, 4) is 0 Å². The molecule has 1 rings (SSSR count). The van der Waals surface area contributed by atoms with Gasteiger partial charge in [-0.2, -0.15) is 0 Å². The molecule has 0 saturated carbocycles. The molecule has 1 fully saturated rings. The lowest BCUT2D eigenvalue weighted by Gasteiger charge is -2.24. The van der Waals surface area contributed by atoms with Crippen LogP contribution < -0.4 is 0 Å². The first-order valence-electron chi connectivity index (χ1n) is 5.08. The Kier molecular flexibility index (Phi) is 4.35. The standard InChI is InChI=1S/C10H20N2O2/c1-11(2)10(13)7-12-6-4-5-9(12)8-14-3/h9H,4-8H2,1-3H3/t9-/m0/s1. The number of hydrogen-bond donors (Lipinski definition) is 0. The maximum atomic E-state index is 11.5. The SMILES string of the molecule is COC[C@@H]1CCCN1CC(=O)N(C)C. The normalized spacial score (nSPS) is 22.6. The molecule has 0 aliphatic carbocycles. The average Bonchev–Trinajstić information content (AvgIpc) is 2.53. The molecule has 0 unspecified atom stereocenters. The molecule has 14 heavy (non-hydrogen) atoms. The third kappa shape index (κ3) is 2.96. The molecule has 0 aromatic heterocycles. The molecule has 1 atom stereocenters. The van der Waals surface area contributed by atoms with E-state index in [9.17, 15) is 4.79 Å². The summed E-state index contributed by atoms with van der Waals surface area (Å²) < 4.78 is 5.13. The fourth-order valence-corrected chi connectivity index (χ4v) is 1.80. The topological polar surface area (TPSA) is 32.8 Å². The van der Waals surface area contributed by atoms with Crippen LogP contribution in [-0.2, 0) is 9.53 Å². The number of likely N-dealkylation sites (N-methyl/N-ethyl adjacent to an activating group) is 1. The molecule has 0 aromatic carbocycles. The number of hydrogen-bond acceptors (Lipinski definition) is 3. The van der Waals surface area contributed by atoms with Gasteiger partial charge in [-0.15, -0.1) is 0 Å². The Morgan fingerprint density at radius 3 is 2.86 bits per heavy atom. The number of amides is 1. The predicted molar refractivity (Wildman–Crippen MR) is 55.2 cm³/mol. The van der Waals surface area contributed by atoms with Gasteiger partial charge in [0.05, 0.1) is 13.2 Å². The predicted octanol–water partition coefficient (Wildman–Crippen LogP) is 0.185. The van der Waals surface area contributed by atoms with E-state index < -0.39 is 0 Å². The highest BCUT2D eigenvalue weighted by molar-refractivity contribution is 5.77. The molecule has 4 nitrogen and oxygen atoms in total. The van der Waals surface area contributed by atoms with Crippen molar-refractivity contribution in [2.45, 2.75) is 18.9 Å². The Morgan fingerprint density at radius 1 is 1.57 bits per heavy atom. The van der Waals surface area contributed by atoms with Crippen molar-refractivity contribution in [2.75, 3.05) is 40.9 Å². The third-order valence-electron chi connectivity index (χ3n) is 2.70. The summed E-state index contributed by atoms with van der Waals surface area (Å²) in [6.45, 7) is 2.29. The van der Waals surface area contributed by atoms with Gasteiger partial charge in [0.1, 0.15) is 0 Å². The number of nitrogens with zero attached hydrogens (tertiary/aromatic N) is 2. The summed E-state index contributed by atoms with van der Waals surface area (Å²) in [4.78, 5) is 15.3. The van der Waals surface area contributed by atoms with Gasteiger partial charge in [0, 0.05) is 27.2 Å². The van der Waals surface area contributed by atoms with Gasteiger partial charge in [-0.3, -0.25) is 9.69 Å². The molecule has 4 heteroatoms. The largest absolute Gasteiger partial charge is 0.383 e. The van der Waals surface area contributed by atoms with Gasteiger partial charge in [0.15, 0.2) is 0 Å². The van der Waals surface area contributed by atoms with Crippen molar-refractivity contribution >= 4 is 5.91 Å². The molecule has 0 radical (unpaired) electrons. The smallest absolute Gasteiger partial charge is 0.236 e. The van der Waals surface area contributed by atoms with Crippen LogP contribution in [0.15, 0.2) is 0 Å². The lowest BCUT2D eigenvalue weighted by atomic mass is 10.2. The van der Waals surface area contributed by atoms with Crippen molar-refractivity contribution in [2.24, 2.45) is 0 Å². The molecule has 82 valence electrons. The summed E-state index contributed by atoms with van der Waals surface area (Å²) in [5, 5.41) is 0. The summed E-state index contributed by atoms with van der Waals surface area (Å²) >= 11 is 0. The minimum absolute atomic E-state index is 0.174. The molecular weight excluding hydrogens is 180 g/mol. The van der Waals surface area contributed by atoms with Crippen LogP contribution in [0.3, 0.4) is 0 Å². The van der Waals surface area contributed by atoms with Gasteiger partial charge in [0.25, 0.3) is 0 Å². The van der Waals surface area contributed by atoms with Gasteiger partial charge in [-0.05, 0) is 19.4 Å². The number of carbonyl (C=O) groups excluding carboxylic acids is 1. The zero-order chi connectivity index (χ0) is 10.6. The van der Waals surface area contributed by atoms with Gasteiger partial charge in [0.2, 0.25) is 5.91 Å². The van der Waals surface area contributed by atoms with E-state index in [-0.39, 0.29) is 5.91 Å². The summed E-state index contributed by atoms with van der Waals surface area (Å²) in [6.07, 6.45) is 2.32. The summed E-state index contributed by atoms with van der Waals surface area (Å²) in [7, 11) is 5.30. The van der Waals surface area contributed by atoms with Crippen LogP contribution in [0.1, 0.15) is 12.8 Å². The van der Waals surface area contributed by atoms with Crippen LogP contribution in [0.25, 0.3) is 0 Å². The Balaban J connectivity index is 2.39. The zero-order valence-corrected chi connectivity index (χ0v) is 9.32. The lowest BCUT2D eigenvalue weighted by molar-refractivity contribution is -0.130. The molecule has 1 saturated heterocycles. The fraction of sp³-hybridized carbons (Fsp3) is 0.900. The molecule has 1 aliphatic heterocycles. The zero-order valence-electron chi connectivity index (χ0n) is 9.32. The summed E-state index contributed by atoms with van der Waals surface area (Å²) in [5.41, 5.74) is 0. The minimum Gasteiger partial charge on any atom is -0.383 e. The van der Waals surface area contributed by atoms with Crippen LogP contribution in [-0.4, -0.2) is 62.7 Å². The highest BCUT2D eigenvalue weighted by Gasteiger charge is 2.26. The highest BCUT2D eigenvalue weighted by Crippen LogP contribution is 2.16. The van der Waals surface area contributed by atoms with E-state index in [1.54, 1.807) is 26.1 Å². The van der Waals surface area contributed by atoms with Crippen molar-refractivity contribution in [3.05, 3.63) is 0 Å². The first-order chi connectivity index (χ1) is 6.65. The molecular formula is C10H20N2O2. The maximum Gasteiger partial charge on any atom is 0.236 e. The van der Waals surface area contributed by atoms with Crippen LogP contribution in [0.4, 0.5) is 0 Å². The van der Waals surface area contributed by atoms with E-state index in [1.807, 2.05) is 0 Å². The van der Waals surface area contributed by atoms with E-state index in [0.29, 0.717) is 12.6 Å². The highest BCUT2D eigenvalue weighted by atomic mass is 16.5. The van der Waals surface area contributed by atoms with Crippen molar-refractivity contribution in [1.82, 2.24) is 9.80 Å². The first kappa shape index (κ1) is 11.5. The fourth-order valence-electron chi connectivity index (χ4n) is 1.80. The number of likely N-dealkylation sites (tertiary alicyclic amines) is 1. The second-order valence-electron chi connectivity index (χ2n) is 4.01. The van der Waals surface area contributed by atoms with Gasteiger partial charge >= 0.3 is 0 Å². The second-order valence-corrected chi connectivity index (χ2v) is 4.01. The van der Waals surface area contributed by atoms with Crippen LogP contribution in [0.2, 0.25) is 0 Å². The Bertz CT molecular complexity index is 195. The summed E-state index contributed by atoms with van der Waals surface area (Å²) in [6, 6.07) is 0.434. The maximum absolute atomic E-state index is 11.5. The Hall–Kier alpha value is -0.610. The Morgan fingerprint density at radius 2 is 2.29 bits per heavy atom. The van der Waals surface area contributed by atoms with Crippen molar-refractivity contribution in [3.63, 3.8) is 0 Å². The number of methoxy groups -OCH3 is 1. The molecule has 1 aliphatic rings. The van der Waals surface area contributed by atoms with Crippen LogP contribution in [0, 0.1) is 0 Å². The average molecular weight is 200 g/mol. The molecule has 0 N–H and O–H groups in total. The van der Waals surface area contributed by atoms with Crippen LogP contribution >= 0.6 is 0 Å². The van der Waals surface area contributed by atoms with E-state index in [1.165, 1.54) is 6.42 Å². The first-order valence-corrected chi connectivity index (χ1v) is 5.08. The van der Waals surface area contributed by atoms with E-state index in [0.717, 1.165) is 19.6 Å². The molecule has 0 spiro atoms. The third-order valence-corrected chi connectivity index (χ3v) is 2.70. The van der Waals surface area contributed by atoms with E-state index in [2.05, 4.69) is 4.90 Å². The van der Waals surface area contributed by atoms with E-state index >= 15 is 0 Å². The minimum atomic E-state index is 0.174. The number of carbonyl (C=O) groups is 1. The molecule has 1 amide bonds. The van der Waals surface area contributed by atoms with Crippen molar-refractivity contribution < 1.29 is 9.53 Å². The number of rotatable bonds is 4. The summed E-state index contributed by atoms with van der Waals surface area (Å²) in [5.74, 6) is 0.174. The second kappa shape index (κ2) is 5.32. The van der Waals surface area contributed by atoms with Gasteiger partial charge < -0.3 is 9.64 Å². The molecule has 1 heterocycles. The van der Waals surface area contributed by atoms with E-state index in [4.69, 9.17) is 4.74 Å². The lowest BCUT2D eigenvalue weighted by Crippen LogP contribution is -2.40. The number of ether oxygens (including phenoxy) is 1. The molecule has 0 bridgehead atoms. The van der Waals surface area contributed by atoms with Gasteiger partial charge in [-0.1, -0.05) is 0 Å². The van der Waals surface area contributed by atoms with Crippen LogP contribution in [0.5, 0.6) is 0 Å².